The van der Waals surface area contributed by atoms with E-state index in [0.717, 1.165) is 16.1 Å². The first-order chi connectivity index (χ1) is 9.10. The van der Waals surface area contributed by atoms with Crippen LogP contribution >= 0.6 is 15.9 Å². The molecule has 0 amide bonds. The maximum Gasteiger partial charge on any atom is 0.270 e. The lowest BCUT2D eigenvalue weighted by molar-refractivity contribution is -0.384. The Bertz CT molecular complexity index is 457. The molecule has 0 heterocycles. The molecule has 2 rings (SSSR count). The first-order valence-electron chi connectivity index (χ1n) is 6.80. The molecule has 1 fully saturated rings. The van der Waals surface area contributed by atoms with Crippen molar-refractivity contribution in [3.63, 3.8) is 0 Å². The van der Waals surface area contributed by atoms with E-state index in [4.69, 9.17) is 0 Å². The molecular formula is C14H19BrN2O2. The zero-order valence-corrected chi connectivity index (χ0v) is 12.6. The Morgan fingerprint density at radius 2 is 2.05 bits per heavy atom. The molecule has 0 radical (unpaired) electrons. The summed E-state index contributed by atoms with van der Waals surface area (Å²) in [6, 6.07) is 5.37. The minimum absolute atomic E-state index is 0.118. The van der Waals surface area contributed by atoms with Gasteiger partial charge in [0.25, 0.3) is 5.69 Å². The SMILES string of the molecule is CCC1CCC(Nc2ccc([N+](=O)[O-])cc2Br)CC1. The normalized spacial score (nSPS) is 23.1. The van der Waals surface area contributed by atoms with Crippen molar-refractivity contribution < 1.29 is 4.92 Å². The number of hydrogen-bond acceptors (Lipinski definition) is 3. The third-order valence-electron chi connectivity index (χ3n) is 3.95. The second-order valence-corrected chi connectivity index (χ2v) is 6.05. The fraction of sp³-hybridized carbons (Fsp3) is 0.571. The van der Waals surface area contributed by atoms with E-state index in [1.165, 1.54) is 32.1 Å². The van der Waals surface area contributed by atoms with Gasteiger partial charge in [0.1, 0.15) is 0 Å². The maximum atomic E-state index is 10.7. The van der Waals surface area contributed by atoms with Crippen LogP contribution in [0.1, 0.15) is 39.0 Å². The lowest BCUT2D eigenvalue weighted by Gasteiger charge is -2.29. The Morgan fingerprint density at radius 3 is 2.58 bits per heavy atom. The molecule has 0 spiro atoms. The molecule has 0 bridgehead atoms. The summed E-state index contributed by atoms with van der Waals surface area (Å²) < 4.78 is 0.763. The van der Waals surface area contributed by atoms with Crippen molar-refractivity contribution in [1.29, 1.82) is 0 Å². The predicted molar refractivity (Wildman–Crippen MR) is 80.5 cm³/mol. The molecule has 5 heteroatoms. The molecule has 1 aliphatic carbocycles. The van der Waals surface area contributed by atoms with Crippen LogP contribution in [0.5, 0.6) is 0 Å². The average molecular weight is 327 g/mol. The molecule has 1 aliphatic rings. The van der Waals surface area contributed by atoms with E-state index in [9.17, 15) is 10.1 Å². The van der Waals surface area contributed by atoms with Gasteiger partial charge in [0, 0.05) is 28.3 Å². The number of nitrogens with zero attached hydrogens (tertiary/aromatic N) is 1. The third-order valence-corrected chi connectivity index (χ3v) is 4.60. The number of hydrogen-bond donors (Lipinski definition) is 1. The number of nitro benzene ring substituents is 1. The van der Waals surface area contributed by atoms with Gasteiger partial charge in [0.15, 0.2) is 0 Å². The zero-order valence-electron chi connectivity index (χ0n) is 11.1. The predicted octanol–water partition coefficient (Wildman–Crippen LogP) is 4.74. The van der Waals surface area contributed by atoms with Crippen molar-refractivity contribution in [2.24, 2.45) is 5.92 Å². The molecule has 1 aromatic rings. The van der Waals surface area contributed by atoms with E-state index in [-0.39, 0.29) is 10.6 Å². The smallest absolute Gasteiger partial charge is 0.270 e. The first kappa shape index (κ1) is 14.3. The van der Waals surface area contributed by atoms with Gasteiger partial charge in [-0.25, -0.2) is 0 Å². The fourth-order valence-electron chi connectivity index (χ4n) is 2.67. The summed E-state index contributed by atoms with van der Waals surface area (Å²) in [7, 11) is 0. The van der Waals surface area contributed by atoms with Gasteiger partial charge in [-0.2, -0.15) is 0 Å². The lowest BCUT2D eigenvalue weighted by atomic mass is 9.84. The average Bonchev–Trinajstić information content (AvgIpc) is 2.41. The van der Waals surface area contributed by atoms with E-state index < -0.39 is 0 Å². The summed E-state index contributed by atoms with van der Waals surface area (Å²) in [5, 5.41) is 14.2. The summed E-state index contributed by atoms with van der Waals surface area (Å²) in [6.45, 7) is 2.26. The Kier molecular flexibility index (Phi) is 4.80. The van der Waals surface area contributed by atoms with E-state index in [1.54, 1.807) is 18.2 Å². The van der Waals surface area contributed by atoms with Crippen LogP contribution in [-0.2, 0) is 0 Å². The standard InChI is InChI=1S/C14H19BrN2O2/c1-2-10-3-5-11(6-4-10)16-14-8-7-12(17(18)19)9-13(14)15/h7-11,16H,2-6H2,1H3. The fourth-order valence-corrected chi connectivity index (χ4v) is 3.15. The molecule has 0 aliphatic heterocycles. The van der Waals surface area contributed by atoms with Crippen molar-refractivity contribution in [2.45, 2.75) is 45.1 Å². The summed E-state index contributed by atoms with van der Waals surface area (Å²) in [4.78, 5) is 10.3. The number of benzene rings is 1. The minimum Gasteiger partial charge on any atom is -0.381 e. The molecule has 0 saturated heterocycles. The van der Waals surface area contributed by atoms with Crippen molar-refractivity contribution in [3.05, 3.63) is 32.8 Å². The maximum absolute atomic E-state index is 10.7. The van der Waals surface area contributed by atoms with Crippen LogP contribution in [0.3, 0.4) is 0 Å². The number of non-ortho nitro benzene ring substituents is 1. The monoisotopic (exact) mass is 326 g/mol. The van der Waals surface area contributed by atoms with Gasteiger partial charge < -0.3 is 5.32 Å². The molecule has 0 atom stereocenters. The summed E-state index contributed by atoms with van der Waals surface area (Å²) >= 11 is 3.40. The van der Waals surface area contributed by atoms with Gasteiger partial charge in [-0.1, -0.05) is 13.3 Å². The molecule has 4 nitrogen and oxygen atoms in total. The van der Waals surface area contributed by atoms with Gasteiger partial charge in [0.05, 0.1) is 4.92 Å². The van der Waals surface area contributed by atoms with Gasteiger partial charge >= 0.3 is 0 Å². The highest BCUT2D eigenvalue weighted by Crippen LogP contribution is 2.32. The number of nitro groups is 1. The van der Waals surface area contributed by atoms with E-state index in [2.05, 4.69) is 28.2 Å². The van der Waals surface area contributed by atoms with Gasteiger partial charge in [-0.15, -0.1) is 0 Å². The Hall–Kier alpha value is -1.10. The molecular weight excluding hydrogens is 308 g/mol. The quantitative estimate of drug-likeness (QED) is 0.642. The van der Waals surface area contributed by atoms with E-state index >= 15 is 0 Å². The molecule has 104 valence electrons. The highest BCUT2D eigenvalue weighted by molar-refractivity contribution is 9.10. The van der Waals surface area contributed by atoms with Gasteiger partial charge in [-0.05, 0) is 53.6 Å². The summed E-state index contributed by atoms with van der Waals surface area (Å²) in [6.07, 6.45) is 6.19. The van der Waals surface area contributed by atoms with Crippen molar-refractivity contribution in [2.75, 3.05) is 5.32 Å². The van der Waals surface area contributed by atoms with Crippen molar-refractivity contribution in [3.8, 4) is 0 Å². The largest absolute Gasteiger partial charge is 0.381 e. The summed E-state index contributed by atoms with van der Waals surface area (Å²) in [5.74, 6) is 0.873. The zero-order chi connectivity index (χ0) is 13.8. The van der Waals surface area contributed by atoms with E-state index in [0.29, 0.717) is 6.04 Å². The second-order valence-electron chi connectivity index (χ2n) is 5.19. The third kappa shape index (κ3) is 3.69. The van der Waals surface area contributed by atoms with Crippen molar-refractivity contribution in [1.82, 2.24) is 0 Å². The van der Waals surface area contributed by atoms with Crippen LogP contribution in [0.15, 0.2) is 22.7 Å². The van der Waals surface area contributed by atoms with Crippen LogP contribution in [0, 0.1) is 16.0 Å². The minimum atomic E-state index is -0.374. The number of anilines is 1. The highest BCUT2D eigenvalue weighted by atomic mass is 79.9. The first-order valence-corrected chi connectivity index (χ1v) is 7.60. The lowest BCUT2D eigenvalue weighted by Crippen LogP contribution is -2.26. The number of halogens is 1. The molecule has 1 aromatic carbocycles. The van der Waals surface area contributed by atoms with Gasteiger partial charge in [-0.3, -0.25) is 10.1 Å². The molecule has 0 aromatic heterocycles. The second kappa shape index (κ2) is 6.37. The highest BCUT2D eigenvalue weighted by Gasteiger charge is 2.20. The van der Waals surface area contributed by atoms with Crippen LogP contribution in [0.25, 0.3) is 0 Å². The molecule has 19 heavy (non-hydrogen) atoms. The van der Waals surface area contributed by atoms with Crippen LogP contribution < -0.4 is 5.32 Å². The van der Waals surface area contributed by atoms with Gasteiger partial charge in [0.2, 0.25) is 0 Å². The van der Waals surface area contributed by atoms with Crippen LogP contribution in [-0.4, -0.2) is 11.0 Å². The Labute approximate surface area is 121 Å². The number of nitrogens with one attached hydrogen (secondary N) is 1. The van der Waals surface area contributed by atoms with Crippen LogP contribution in [0.2, 0.25) is 0 Å². The molecule has 0 unspecified atom stereocenters. The Balaban J connectivity index is 1.98. The Morgan fingerprint density at radius 1 is 1.37 bits per heavy atom. The molecule has 1 N–H and O–H groups in total. The topological polar surface area (TPSA) is 55.2 Å². The summed E-state index contributed by atoms with van der Waals surface area (Å²) in [5.41, 5.74) is 1.07. The van der Waals surface area contributed by atoms with E-state index in [1.807, 2.05) is 0 Å². The number of rotatable bonds is 4. The molecule has 1 saturated carbocycles. The van der Waals surface area contributed by atoms with Crippen molar-refractivity contribution >= 4 is 27.3 Å². The van der Waals surface area contributed by atoms with Crippen LogP contribution in [0.4, 0.5) is 11.4 Å².